The average molecular weight is 520 g/mol. The molecule has 6 nitrogen and oxygen atoms in total. The van der Waals surface area contributed by atoms with Gasteiger partial charge in [-0.25, -0.2) is 4.99 Å². The van der Waals surface area contributed by atoms with Gasteiger partial charge in [-0.3, -0.25) is 4.79 Å². The van der Waals surface area contributed by atoms with Crippen LogP contribution in [0.2, 0.25) is 0 Å². The van der Waals surface area contributed by atoms with Gasteiger partial charge in [-0.2, -0.15) is 0 Å². The van der Waals surface area contributed by atoms with Crippen molar-refractivity contribution in [2.45, 2.75) is 73.1 Å². The Morgan fingerprint density at radius 1 is 1.03 bits per heavy atom. The van der Waals surface area contributed by atoms with E-state index in [2.05, 4.69) is 55.9 Å². The number of nitrogens with one attached hydrogen (secondary N) is 1. The van der Waals surface area contributed by atoms with Crippen molar-refractivity contribution < 1.29 is 14.3 Å². The van der Waals surface area contributed by atoms with Crippen LogP contribution in [-0.2, 0) is 4.79 Å². The van der Waals surface area contributed by atoms with Crippen molar-refractivity contribution >= 4 is 23.1 Å². The Bertz CT molecular complexity index is 1140. The predicted molar refractivity (Wildman–Crippen MR) is 161 cm³/mol. The molecule has 0 aromatic heterocycles. The molecule has 0 radical (unpaired) electrons. The Morgan fingerprint density at radius 2 is 1.63 bits per heavy atom. The summed E-state index contributed by atoms with van der Waals surface area (Å²) in [6, 6.07) is 12.1. The Balaban J connectivity index is 2.27. The molecule has 0 saturated carbocycles. The first-order valence-corrected chi connectivity index (χ1v) is 13.4. The van der Waals surface area contributed by atoms with E-state index in [0.29, 0.717) is 29.6 Å². The Hall–Kier alpha value is -3.54. The van der Waals surface area contributed by atoms with E-state index < -0.39 is 0 Å². The lowest BCUT2D eigenvalue weighted by molar-refractivity contribution is -0.116. The van der Waals surface area contributed by atoms with Gasteiger partial charge < -0.3 is 19.7 Å². The van der Waals surface area contributed by atoms with Crippen LogP contribution in [0.25, 0.3) is 0 Å². The first-order chi connectivity index (χ1) is 18.1. The zero-order valence-corrected chi connectivity index (χ0v) is 24.5. The summed E-state index contributed by atoms with van der Waals surface area (Å²) in [6.45, 7) is 16.5. The molecule has 0 spiro atoms. The Morgan fingerprint density at radius 3 is 2.11 bits per heavy atom. The number of amidine groups is 1. The number of amides is 1. The molecule has 2 aromatic carbocycles. The minimum atomic E-state index is -0.105. The van der Waals surface area contributed by atoms with Gasteiger partial charge in [0.2, 0.25) is 5.91 Å². The molecular formula is C32H45N3O3. The summed E-state index contributed by atoms with van der Waals surface area (Å²) in [4.78, 5) is 18.9. The first kappa shape index (κ1) is 30.7. The molecule has 206 valence electrons. The number of rotatable bonds is 13. The van der Waals surface area contributed by atoms with Crippen molar-refractivity contribution in [1.82, 2.24) is 0 Å². The number of aryl methyl sites for hydroxylation is 1. The van der Waals surface area contributed by atoms with E-state index in [4.69, 9.17) is 9.47 Å². The molecule has 1 N–H and O–H groups in total. The topological polar surface area (TPSA) is 63.2 Å². The molecule has 0 atom stereocenters. The highest BCUT2D eigenvalue weighted by Gasteiger charge is 2.17. The van der Waals surface area contributed by atoms with Crippen molar-refractivity contribution in [2.75, 3.05) is 31.0 Å². The maximum atomic E-state index is 12.6. The third-order valence-corrected chi connectivity index (χ3v) is 6.63. The summed E-state index contributed by atoms with van der Waals surface area (Å²) >= 11 is 0. The third-order valence-electron chi connectivity index (χ3n) is 6.63. The number of ether oxygens (including phenoxy) is 2. The van der Waals surface area contributed by atoms with Gasteiger partial charge in [0.15, 0.2) is 0 Å². The van der Waals surface area contributed by atoms with Gasteiger partial charge in [-0.05, 0) is 62.3 Å². The highest BCUT2D eigenvalue weighted by atomic mass is 16.5. The average Bonchev–Trinajstić information content (AvgIpc) is 2.88. The normalized spacial score (nSPS) is 11.9. The van der Waals surface area contributed by atoms with Gasteiger partial charge in [0.25, 0.3) is 0 Å². The fourth-order valence-electron chi connectivity index (χ4n) is 4.45. The molecule has 2 rings (SSSR count). The highest BCUT2D eigenvalue weighted by molar-refractivity contribution is 5.95. The monoisotopic (exact) mass is 519 g/mol. The molecule has 1 amide bonds. The molecule has 6 heteroatoms. The van der Waals surface area contributed by atoms with Crippen molar-refractivity contribution in [3.05, 3.63) is 71.5 Å². The summed E-state index contributed by atoms with van der Waals surface area (Å²) in [5, 5.41) is 3.43. The van der Waals surface area contributed by atoms with Crippen molar-refractivity contribution in [3.8, 4) is 11.5 Å². The number of carbonyl (C=O) groups is 1. The minimum Gasteiger partial charge on any atom is -0.497 e. The second kappa shape index (κ2) is 15.0. The quantitative estimate of drug-likeness (QED) is 0.165. The Labute approximate surface area is 229 Å². The van der Waals surface area contributed by atoms with E-state index in [-0.39, 0.29) is 5.91 Å². The van der Waals surface area contributed by atoms with E-state index in [1.165, 1.54) is 43.7 Å². The number of hydrogen-bond acceptors (Lipinski definition) is 4. The molecule has 0 unspecified atom stereocenters. The molecule has 0 aliphatic carbocycles. The summed E-state index contributed by atoms with van der Waals surface area (Å²) in [6.07, 6.45) is 6.60. The van der Waals surface area contributed by atoms with E-state index in [9.17, 15) is 4.79 Å². The number of anilines is 2. The van der Waals surface area contributed by atoms with Gasteiger partial charge in [-0.15, -0.1) is 0 Å². The summed E-state index contributed by atoms with van der Waals surface area (Å²) in [7, 11) is 3.18. The van der Waals surface area contributed by atoms with Crippen LogP contribution >= 0.6 is 0 Å². The van der Waals surface area contributed by atoms with Crippen molar-refractivity contribution in [1.29, 1.82) is 0 Å². The maximum Gasteiger partial charge on any atom is 0.224 e. The largest absolute Gasteiger partial charge is 0.497 e. The van der Waals surface area contributed by atoms with E-state index in [1.807, 2.05) is 26.0 Å². The lowest BCUT2D eigenvalue weighted by Gasteiger charge is -2.24. The van der Waals surface area contributed by atoms with Crippen molar-refractivity contribution in [3.63, 3.8) is 0 Å². The molecule has 0 aliphatic rings. The molecule has 0 aliphatic heterocycles. The number of nitrogens with zero attached hydrogens (tertiary/aromatic N) is 2. The maximum absolute atomic E-state index is 12.6. The first-order valence-electron chi connectivity index (χ1n) is 13.4. The predicted octanol–water partition coefficient (Wildman–Crippen LogP) is 8.04. The van der Waals surface area contributed by atoms with Crippen LogP contribution in [0.4, 0.5) is 11.4 Å². The fraction of sp³-hybridized carbons (Fsp3) is 0.438. The highest BCUT2D eigenvalue weighted by Crippen LogP contribution is 2.31. The molecule has 0 heterocycles. The molecule has 2 aromatic rings. The van der Waals surface area contributed by atoms with Crippen LogP contribution in [0, 0.1) is 6.92 Å². The zero-order valence-electron chi connectivity index (χ0n) is 24.5. The van der Waals surface area contributed by atoms with Gasteiger partial charge in [0.1, 0.15) is 17.3 Å². The minimum absolute atomic E-state index is 0.105. The molecule has 38 heavy (non-hydrogen) atoms. The lowest BCUT2D eigenvalue weighted by Crippen LogP contribution is -2.30. The van der Waals surface area contributed by atoms with E-state index >= 15 is 0 Å². The summed E-state index contributed by atoms with van der Waals surface area (Å²) in [5.74, 6) is 2.49. The second-order valence-corrected chi connectivity index (χ2v) is 9.80. The molecular weight excluding hydrogens is 474 g/mol. The van der Waals surface area contributed by atoms with Crippen LogP contribution in [-0.4, -0.2) is 32.5 Å². The number of aliphatic imine (C=N–C) groups is 1. The zero-order chi connectivity index (χ0) is 28.2. The van der Waals surface area contributed by atoms with Crippen molar-refractivity contribution in [2.24, 2.45) is 4.99 Å². The van der Waals surface area contributed by atoms with Crippen LogP contribution in [0.5, 0.6) is 11.5 Å². The number of methoxy groups -OCH3 is 2. The smallest absolute Gasteiger partial charge is 0.224 e. The summed E-state index contributed by atoms with van der Waals surface area (Å²) in [5.41, 5.74) is 6.02. The number of benzene rings is 2. The van der Waals surface area contributed by atoms with Gasteiger partial charge in [0.05, 0.1) is 26.5 Å². The van der Waals surface area contributed by atoms with Crippen LogP contribution in [0.1, 0.15) is 77.3 Å². The van der Waals surface area contributed by atoms with Gasteiger partial charge in [-0.1, -0.05) is 51.0 Å². The molecule has 0 bridgehead atoms. The standard InChI is InChI=1S/C32H45N3O3/c1-10-12-26(13-11-2)27-14-15-32(23(5)16-27)34-24(6)33-20-28(22(3)4)21-35(25(7)36)29-17-30(37-8)19-31(18-29)38-9/h14-20,26H,3,10-13,21H2,1-2,4-9H3,(H,33,34)/b28-20-. The summed E-state index contributed by atoms with van der Waals surface area (Å²) < 4.78 is 10.8. The number of carbonyl (C=O) groups excluding carboxylic acids is 1. The Kier molecular flexibility index (Phi) is 12.1. The van der Waals surface area contributed by atoms with Gasteiger partial charge in [0, 0.05) is 37.0 Å². The fourth-order valence-corrected chi connectivity index (χ4v) is 4.45. The molecule has 0 saturated heterocycles. The number of hydrogen-bond donors (Lipinski definition) is 1. The van der Waals surface area contributed by atoms with Gasteiger partial charge >= 0.3 is 0 Å². The third kappa shape index (κ3) is 8.79. The molecule has 0 fully saturated rings. The van der Waals surface area contributed by atoms with Crippen LogP contribution < -0.4 is 19.7 Å². The lowest BCUT2D eigenvalue weighted by atomic mass is 9.89. The SMILES string of the molecule is C=C(C)/C(=C\N=C(C)Nc1ccc(C(CCC)CCC)cc1C)CN(C(C)=O)c1cc(OC)cc(OC)c1. The van der Waals surface area contributed by atoms with Crippen LogP contribution in [0.3, 0.4) is 0 Å². The van der Waals surface area contributed by atoms with E-state index in [1.54, 1.807) is 31.4 Å². The van der Waals surface area contributed by atoms with Crippen LogP contribution in [0.15, 0.2) is 65.3 Å². The second-order valence-electron chi connectivity index (χ2n) is 9.80. The van der Waals surface area contributed by atoms with E-state index in [0.717, 1.165) is 22.7 Å².